The van der Waals surface area contributed by atoms with Crippen molar-refractivity contribution in [3.05, 3.63) is 17.2 Å². The molecule has 0 atom stereocenters. The van der Waals surface area contributed by atoms with Gasteiger partial charge in [0.15, 0.2) is 0 Å². The second-order valence-electron chi connectivity index (χ2n) is 5.20. The lowest BCUT2D eigenvalue weighted by atomic mass is 10.2. The maximum Gasteiger partial charge on any atom is 0.216 e. The normalized spacial score (nSPS) is 18.5. The molecule has 98 valence electrons. The van der Waals surface area contributed by atoms with Gasteiger partial charge in [-0.05, 0) is 12.8 Å². The number of amides is 1. The molecule has 1 saturated carbocycles. The van der Waals surface area contributed by atoms with Crippen LogP contribution in [0, 0.1) is 0 Å². The number of nitrogens with one attached hydrogen (secondary N) is 2. The predicted octanol–water partition coefficient (Wildman–Crippen LogP) is 0.542. The number of carbonyl (C=O) groups excluding carboxylic acids is 1. The van der Waals surface area contributed by atoms with E-state index in [1.807, 2.05) is 0 Å². The fraction of sp³-hybridized carbons (Fsp3) is 0.692. The Bertz CT molecular complexity index is 462. The minimum Gasteiger partial charge on any atom is -0.355 e. The fourth-order valence-electron chi connectivity index (χ4n) is 2.64. The van der Waals surface area contributed by atoms with E-state index in [0.717, 1.165) is 26.1 Å². The number of carbonyl (C=O) groups is 1. The van der Waals surface area contributed by atoms with Gasteiger partial charge < -0.3 is 15.2 Å². The van der Waals surface area contributed by atoms with Crippen molar-refractivity contribution >= 4 is 5.91 Å². The summed E-state index contributed by atoms with van der Waals surface area (Å²) in [5.74, 6) is 1.95. The molecule has 1 amide bonds. The maximum absolute atomic E-state index is 10.9. The van der Waals surface area contributed by atoms with Crippen LogP contribution in [-0.2, 0) is 24.3 Å². The van der Waals surface area contributed by atoms with Crippen molar-refractivity contribution < 1.29 is 4.79 Å². The topological polar surface area (TPSA) is 59.0 Å². The predicted molar refractivity (Wildman–Crippen MR) is 68.3 cm³/mol. The highest BCUT2D eigenvalue weighted by molar-refractivity contribution is 5.72. The third-order valence-electron chi connectivity index (χ3n) is 3.67. The summed E-state index contributed by atoms with van der Waals surface area (Å²) >= 11 is 0. The molecule has 1 aromatic rings. The first-order chi connectivity index (χ1) is 8.75. The summed E-state index contributed by atoms with van der Waals surface area (Å²) in [5, 5.41) is 6.24. The molecule has 1 aromatic heterocycles. The number of hydrogen-bond donors (Lipinski definition) is 2. The molecular formula is C13H20N4O. The summed E-state index contributed by atoms with van der Waals surface area (Å²) in [6.07, 6.45) is 3.59. The van der Waals surface area contributed by atoms with Crippen molar-refractivity contribution in [3.63, 3.8) is 0 Å². The van der Waals surface area contributed by atoms with Crippen molar-refractivity contribution in [3.8, 4) is 0 Å². The molecule has 5 heteroatoms. The van der Waals surface area contributed by atoms with E-state index in [0.29, 0.717) is 12.5 Å². The van der Waals surface area contributed by atoms with E-state index in [9.17, 15) is 4.79 Å². The summed E-state index contributed by atoms with van der Waals surface area (Å²) in [4.78, 5) is 15.7. The number of nitrogens with zero attached hydrogens (tertiary/aromatic N) is 2. The zero-order valence-corrected chi connectivity index (χ0v) is 10.8. The van der Waals surface area contributed by atoms with Crippen LogP contribution in [0.25, 0.3) is 0 Å². The molecule has 2 heterocycles. The molecule has 1 aliphatic heterocycles. The first-order valence-electron chi connectivity index (χ1n) is 6.79. The Morgan fingerprint density at radius 3 is 3.11 bits per heavy atom. The largest absolute Gasteiger partial charge is 0.355 e. The lowest BCUT2D eigenvalue weighted by Gasteiger charge is -2.16. The Hall–Kier alpha value is -1.36. The van der Waals surface area contributed by atoms with Gasteiger partial charge in [-0.15, -0.1) is 0 Å². The zero-order chi connectivity index (χ0) is 12.5. The molecule has 0 bridgehead atoms. The van der Waals surface area contributed by atoms with Crippen LogP contribution in [0.15, 0.2) is 0 Å². The van der Waals surface area contributed by atoms with Crippen LogP contribution in [0.3, 0.4) is 0 Å². The van der Waals surface area contributed by atoms with Crippen molar-refractivity contribution in [2.45, 2.75) is 45.2 Å². The third-order valence-corrected chi connectivity index (χ3v) is 3.67. The maximum atomic E-state index is 10.9. The quantitative estimate of drug-likeness (QED) is 0.817. The van der Waals surface area contributed by atoms with E-state index < -0.39 is 0 Å². The molecule has 5 nitrogen and oxygen atoms in total. The second kappa shape index (κ2) is 4.72. The number of imidazole rings is 1. The lowest BCUT2D eigenvalue weighted by Crippen LogP contribution is -2.28. The van der Waals surface area contributed by atoms with E-state index in [4.69, 9.17) is 4.98 Å². The standard InChI is InChI=1S/C13H20N4O/c1-9(18)15-6-7-17-12-4-5-14-8-11(12)16-13(17)10-2-3-10/h10,14H,2-8H2,1H3,(H,15,18). The van der Waals surface area contributed by atoms with E-state index >= 15 is 0 Å². The molecule has 0 unspecified atom stereocenters. The molecular weight excluding hydrogens is 228 g/mol. The van der Waals surface area contributed by atoms with Crippen LogP contribution in [0.2, 0.25) is 0 Å². The van der Waals surface area contributed by atoms with Gasteiger partial charge in [0.25, 0.3) is 0 Å². The molecule has 2 N–H and O–H groups in total. The average Bonchev–Trinajstić information content (AvgIpc) is 3.13. The molecule has 2 aliphatic rings. The number of aromatic nitrogens is 2. The first-order valence-corrected chi connectivity index (χ1v) is 6.79. The lowest BCUT2D eigenvalue weighted by molar-refractivity contribution is -0.118. The highest BCUT2D eigenvalue weighted by Gasteiger charge is 2.31. The van der Waals surface area contributed by atoms with Gasteiger partial charge in [-0.1, -0.05) is 0 Å². The molecule has 18 heavy (non-hydrogen) atoms. The SMILES string of the molecule is CC(=O)NCCn1c(C2CC2)nc2c1CCNC2. The number of fused-ring (bicyclic) bond motifs is 1. The highest BCUT2D eigenvalue weighted by atomic mass is 16.1. The molecule has 0 spiro atoms. The molecule has 3 rings (SSSR count). The van der Waals surface area contributed by atoms with Gasteiger partial charge in [0.05, 0.1) is 5.69 Å². The van der Waals surface area contributed by atoms with Crippen molar-refractivity contribution in [1.82, 2.24) is 20.2 Å². The molecule has 0 aromatic carbocycles. The van der Waals surface area contributed by atoms with E-state index in [2.05, 4.69) is 15.2 Å². The molecule has 0 radical (unpaired) electrons. The monoisotopic (exact) mass is 248 g/mol. The Balaban J connectivity index is 1.80. The van der Waals surface area contributed by atoms with Gasteiger partial charge in [-0.2, -0.15) is 0 Å². The highest BCUT2D eigenvalue weighted by Crippen LogP contribution is 2.40. The van der Waals surface area contributed by atoms with Crippen LogP contribution in [0.4, 0.5) is 0 Å². The van der Waals surface area contributed by atoms with E-state index in [-0.39, 0.29) is 5.91 Å². The minimum atomic E-state index is 0.0404. The fourth-order valence-corrected chi connectivity index (χ4v) is 2.64. The molecule has 0 saturated heterocycles. The Labute approximate surface area is 107 Å². The van der Waals surface area contributed by atoms with Crippen LogP contribution < -0.4 is 10.6 Å². The Kier molecular flexibility index (Phi) is 3.07. The van der Waals surface area contributed by atoms with Crippen LogP contribution >= 0.6 is 0 Å². The summed E-state index contributed by atoms with van der Waals surface area (Å²) < 4.78 is 2.35. The zero-order valence-electron chi connectivity index (χ0n) is 10.8. The third kappa shape index (κ3) is 2.27. The van der Waals surface area contributed by atoms with Gasteiger partial charge in [0, 0.05) is 51.1 Å². The Morgan fingerprint density at radius 1 is 1.56 bits per heavy atom. The van der Waals surface area contributed by atoms with Crippen molar-refractivity contribution in [1.29, 1.82) is 0 Å². The summed E-state index contributed by atoms with van der Waals surface area (Å²) in [6, 6.07) is 0. The summed E-state index contributed by atoms with van der Waals surface area (Å²) in [7, 11) is 0. The van der Waals surface area contributed by atoms with Gasteiger partial charge in [-0.3, -0.25) is 4.79 Å². The van der Waals surface area contributed by atoms with Gasteiger partial charge in [0.1, 0.15) is 5.82 Å². The van der Waals surface area contributed by atoms with E-state index in [1.165, 1.54) is 30.1 Å². The summed E-state index contributed by atoms with van der Waals surface area (Å²) in [6.45, 7) is 5.04. The average molecular weight is 248 g/mol. The number of rotatable bonds is 4. The van der Waals surface area contributed by atoms with Crippen LogP contribution in [0.5, 0.6) is 0 Å². The molecule has 1 aliphatic carbocycles. The van der Waals surface area contributed by atoms with Crippen molar-refractivity contribution in [2.24, 2.45) is 0 Å². The van der Waals surface area contributed by atoms with Gasteiger partial charge in [0.2, 0.25) is 5.91 Å². The number of hydrogen-bond acceptors (Lipinski definition) is 3. The summed E-state index contributed by atoms with van der Waals surface area (Å²) in [5.41, 5.74) is 2.59. The smallest absolute Gasteiger partial charge is 0.216 e. The van der Waals surface area contributed by atoms with Crippen LogP contribution in [0.1, 0.15) is 42.9 Å². The second-order valence-corrected chi connectivity index (χ2v) is 5.20. The van der Waals surface area contributed by atoms with Gasteiger partial charge >= 0.3 is 0 Å². The van der Waals surface area contributed by atoms with Crippen LogP contribution in [-0.4, -0.2) is 28.5 Å². The van der Waals surface area contributed by atoms with Crippen molar-refractivity contribution in [2.75, 3.05) is 13.1 Å². The van der Waals surface area contributed by atoms with Gasteiger partial charge in [-0.25, -0.2) is 4.98 Å². The molecule has 1 fully saturated rings. The first kappa shape index (κ1) is 11.7. The van der Waals surface area contributed by atoms with E-state index in [1.54, 1.807) is 6.92 Å². The minimum absolute atomic E-state index is 0.0404. The Morgan fingerprint density at radius 2 is 2.39 bits per heavy atom.